The molecule has 1 aromatic heterocycles. The van der Waals surface area contributed by atoms with Gasteiger partial charge in [0, 0.05) is 17.8 Å². The predicted octanol–water partition coefficient (Wildman–Crippen LogP) is 2.97. The molecule has 0 spiro atoms. The lowest BCUT2D eigenvalue weighted by Gasteiger charge is -2.04. The number of halogens is 1. The van der Waals surface area contributed by atoms with Crippen molar-refractivity contribution in [3.63, 3.8) is 0 Å². The summed E-state index contributed by atoms with van der Waals surface area (Å²) in [6.07, 6.45) is 6.30. The number of rotatable bonds is 5. The summed E-state index contributed by atoms with van der Waals surface area (Å²) in [5.41, 5.74) is 1.30. The first-order valence-corrected chi connectivity index (χ1v) is 5.90. The lowest BCUT2D eigenvalue weighted by atomic mass is 10.1. The van der Waals surface area contributed by atoms with Gasteiger partial charge in [-0.3, -0.25) is 0 Å². The van der Waals surface area contributed by atoms with Gasteiger partial charge in [-0.05, 0) is 36.6 Å². The molecule has 0 bridgehead atoms. The molecule has 0 atom stereocenters. The van der Waals surface area contributed by atoms with Gasteiger partial charge in [-0.25, -0.2) is 9.97 Å². The van der Waals surface area contributed by atoms with E-state index < -0.39 is 0 Å². The first-order chi connectivity index (χ1) is 8.34. The molecule has 1 radical (unpaired) electrons. The van der Waals surface area contributed by atoms with Gasteiger partial charge in [0.25, 0.3) is 0 Å². The molecule has 87 valence electrons. The van der Waals surface area contributed by atoms with Crippen LogP contribution in [0.3, 0.4) is 0 Å². The smallest absolute Gasteiger partial charge is 0.199 e. The Morgan fingerprint density at radius 1 is 1.18 bits per heavy atom. The zero-order valence-electron chi connectivity index (χ0n) is 9.36. The highest BCUT2D eigenvalue weighted by Gasteiger charge is 1.95. The van der Waals surface area contributed by atoms with Crippen LogP contribution in [0.4, 0.5) is 5.82 Å². The van der Waals surface area contributed by atoms with E-state index >= 15 is 0 Å². The lowest BCUT2D eigenvalue weighted by Crippen LogP contribution is -2.04. The summed E-state index contributed by atoms with van der Waals surface area (Å²) in [5.74, 6) is 0.816. The first-order valence-electron chi connectivity index (χ1n) is 5.52. The van der Waals surface area contributed by atoms with Gasteiger partial charge >= 0.3 is 0 Å². The minimum Gasteiger partial charge on any atom is -0.370 e. The molecule has 0 aliphatic carbocycles. The quantitative estimate of drug-likeness (QED) is 0.825. The van der Waals surface area contributed by atoms with Gasteiger partial charge in [0.15, 0.2) is 6.33 Å². The fraction of sp³-hybridized carbons (Fsp3) is 0.231. The molecule has 0 aliphatic rings. The highest BCUT2D eigenvalue weighted by Crippen LogP contribution is 2.11. The average molecular weight is 247 g/mol. The fourth-order valence-electron chi connectivity index (χ4n) is 1.52. The molecule has 0 saturated heterocycles. The number of aromatic nitrogens is 2. The van der Waals surface area contributed by atoms with Crippen molar-refractivity contribution in [2.45, 2.75) is 12.8 Å². The number of nitrogens with zero attached hydrogens (tertiary/aromatic N) is 2. The van der Waals surface area contributed by atoms with E-state index in [2.05, 4.69) is 33.7 Å². The molecule has 0 aliphatic heterocycles. The summed E-state index contributed by atoms with van der Waals surface area (Å²) in [4.78, 5) is 7.71. The van der Waals surface area contributed by atoms with Crippen LogP contribution in [0.15, 0.2) is 36.5 Å². The van der Waals surface area contributed by atoms with Crippen molar-refractivity contribution in [1.82, 2.24) is 9.97 Å². The van der Waals surface area contributed by atoms with Crippen molar-refractivity contribution in [2.24, 2.45) is 0 Å². The molecule has 0 amide bonds. The Labute approximate surface area is 106 Å². The Morgan fingerprint density at radius 3 is 2.71 bits per heavy atom. The third-order valence-corrected chi connectivity index (χ3v) is 2.65. The van der Waals surface area contributed by atoms with Crippen molar-refractivity contribution >= 4 is 17.4 Å². The van der Waals surface area contributed by atoms with Gasteiger partial charge < -0.3 is 5.32 Å². The molecular weight excluding hydrogens is 234 g/mol. The minimum absolute atomic E-state index is 0.781. The van der Waals surface area contributed by atoms with Gasteiger partial charge in [0.05, 0.1) is 0 Å². The Bertz CT molecular complexity index is 442. The van der Waals surface area contributed by atoms with Crippen LogP contribution in [-0.2, 0) is 6.42 Å². The van der Waals surface area contributed by atoms with Crippen LogP contribution >= 0.6 is 11.6 Å². The number of nitrogens with one attached hydrogen (secondary N) is 1. The van der Waals surface area contributed by atoms with E-state index in [1.165, 1.54) is 5.56 Å². The topological polar surface area (TPSA) is 37.8 Å². The summed E-state index contributed by atoms with van der Waals surface area (Å²) >= 11 is 5.82. The van der Waals surface area contributed by atoms with Crippen molar-refractivity contribution in [1.29, 1.82) is 0 Å². The maximum atomic E-state index is 5.82. The molecule has 1 N–H and O–H groups in total. The van der Waals surface area contributed by atoms with E-state index in [-0.39, 0.29) is 0 Å². The second kappa shape index (κ2) is 6.21. The number of hydrogen-bond donors (Lipinski definition) is 1. The van der Waals surface area contributed by atoms with E-state index in [9.17, 15) is 0 Å². The Morgan fingerprint density at radius 2 is 2.00 bits per heavy atom. The summed E-state index contributed by atoms with van der Waals surface area (Å²) in [7, 11) is 0. The van der Waals surface area contributed by atoms with Crippen LogP contribution < -0.4 is 5.32 Å². The fourth-order valence-corrected chi connectivity index (χ4v) is 1.65. The minimum atomic E-state index is 0.781. The van der Waals surface area contributed by atoms with Crippen LogP contribution in [0.1, 0.15) is 12.0 Å². The van der Waals surface area contributed by atoms with Gasteiger partial charge in [0.2, 0.25) is 0 Å². The second-order valence-corrected chi connectivity index (χ2v) is 4.14. The number of benzene rings is 1. The third-order valence-electron chi connectivity index (χ3n) is 2.40. The Balaban J connectivity index is 1.71. The summed E-state index contributed by atoms with van der Waals surface area (Å²) in [5, 5.41) is 4.00. The van der Waals surface area contributed by atoms with E-state index in [0.717, 1.165) is 30.2 Å². The van der Waals surface area contributed by atoms with Crippen LogP contribution in [-0.4, -0.2) is 16.5 Å². The van der Waals surface area contributed by atoms with E-state index in [4.69, 9.17) is 11.6 Å². The van der Waals surface area contributed by atoms with E-state index in [1.807, 2.05) is 18.2 Å². The molecule has 17 heavy (non-hydrogen) atoms. The largest absolute Gasteiger partial charge is 0.370 e. The molecule has 2 rings (SSSR count). The Hall–Kier alpha value is -1.61. The van der Waals surface area contributed by atoms with Crippen LogP contribution in [0.2, 0.25) is 5.02 Å². The normalized spacial score (nSPS) is 10.2. The standard InChI is InChI=1S/C13H13ClN3/c14-12-5-3-11(4-6-12)2-1-8-16-13-7-9-15-10-17-13/h3-7,9H,1-2,8H2,(H,15,16,17). The van der Waals surface area contributed by atoms with Crippen molar-refractivity contribution in [3.05, 3.63) is 53.4 Å². The number of anilines is 1. The van der Waals surface area contributed by atoms with Gasteiger partial charge in [0.1, 0.15) is 5.82 Å². The molecule has 1 aromatic carbocycles. The molecule has 3 nitrogen and oxygen atoms in total. The average Bonchev–Trinajstić information content (AvgIpc) is 2.38. The van der Waals surface area contributed by atoms with Gasteiger partial charge in [-0.15, -0.1) is 0 Å². The van der Waals surface area contributed by atoms with Crippen molar-refractivity contribution in [3.8, 4) is 0 Å². The molecule has 0 unspecified atom stereocenters. The van der Waals surface area contributed by atoms with Crippen LogP contribution in [0, 0.1) is 6.33 Å². The SMILES string of the molecule is Clc1ccc(CCCNc2ccn[c]n2)cc1. The summed E-state index contributed by atoms with van der Waals surface area (Å²) in [6.45, 7) is 0.882. The predicted molar refractivity (Wildman–Crippen MR) is 69.1 cm³/mol. The molecule has 2 aromatic rings. The molecule has 0 fully saturated rings. The third kappa shape index (κ3) is 4.04. The van der Waals surface area contributed by atoms with Crippen LogP contribution in [0.5, 0.6) is 0 Å². The van der Waals surface area contributed by atoms with Crippen molar-refractivity contribution in [2.75, 3.05) is 11.9 Å². The number of hydrogen-bond acceptors (Lipinski definition) is 3. The van der Waals surface area contributed by atoms with Crippen molar-refractivity contribution < 1.29 is 0 Å². The maximum Gasteiger partial charge on any atom is 0.199 e. The monoisotopic (exact) mass is 246 g/mol. The molecule has 0 saturated carbocycles. The zero-order chi connectivity index (χ0) is 11.9. The first kappa shape index (κ1) is 11.9. The van der Waals surface area contributed by atoms with Crippen LogP contribution in [0.25, 0.3) is 0 Å². The van der Waals surface area contributed by atoms with E-state index in [1.54, 1.807) is 6.20 Å². The zero-order valence-corrected chi connectivity index (χ0v) is 10.1. The Kier molecular flexibility index (Phi) is 4.33. The second-order valence-electron chi connectivity index (χ2n) is 3.70. The molecular formula is C13H13ClN3. The molecule has 1 heterocycles. The maximum absolute atomic E-state index is 5.82. The summed E-state index contributed by atoms with van der Waals surface area (Å²) < 4.78 is 0. The highest BCUT2D eigenvalue weighted by molar-refractivity contribution is 6.30. The van der Waals surface area contributed by atoms with E-state index in [0.29, 0.717) is 0 Å². The van der Waals surface area contributed by atoms with Gasteiger partial charge in [-0.1, -0.05) is 23.7 Å². The lowest BCUT2D eigenvalue weighted by molar-refractivity contribution is 0.857. The molecule has 4 heteroatoms. The number of aryl methyl sites for hydroxylation is 1. The van der Waals surface area contributed by atoms with Gasteiger partial charge in [-0.2, -0.15) is 0 Å². The summed E-state index contributed by atoms with van der Waals surface area (Å²) in [6, 6.07) is 9.79. The highest BCUT2D eigenvalue weighted by atomic mass is 35.5.